The monoisotopic (exact) mass is 372 g/mol. The molecule has 104 valence electrons. The fourth-order valence-electron chi connectivity index (χ4n) is 2.36. The number of likely N-dealkylation sites (tertiary alicyclic amines) is 1. The van der Waals surface area contributed by atoms with Crippen molar-refractivity contribution in [1.29, 1.82) is 0 Å². The summed E-state index contributed by atoms with van der Waals surface area (Å²) >= 11 is 2.23. The number of carbonyl (C=O) groups excluding carboxylic acids is 1. The molecule has 0 unspecified atom stereocenters. The van der Waals surface area contributed by atoms with Gasteiger partial charge in [0.2, 0.25) is 0 Å². The van der Waals surface area contributed by atoms with E-state index >= 15 is 0 Å². The van der Waals surface area contributed by atoms with Crippen LogP contribution in [0.4, 0.5) is 0 Å². The van der Waals surface area contributed by atoms with E-state index in [0.29, 0.717) is 0 Å². The number of carbonyl (C=O) groups is 1. The maximum atomic E-state index is 12.1. The fourth-order valence-corrected chi connectivity index (χ4v) is 2.90. The Morgan fingerprint density at radius 1 is 1.42 bits per heavy atom. The zero-order chi connectivity index (χ0) is 13.9. The van der Waals surface area contributed by atoms with Crippen molar-refractivity contribution >= 4 is 28.5 Å². The summed E-state index contributed by atoms with van der Waals surface area (Å²) in [5.74, 6) is 0.0404. The van der Waals surface area contributed by atoms with Gasteiger partial charge in [-0.25, -0.2) is 0 Å². The standard InChI is InChI=1S/C15H21IN2O/c1-15(6-8-18(2)9-7-15)11-17-14(19)12-4-3-5-13(16)10-12/h3-5,10H,6-9,11H2,1-2H3,(H,17,19). The van der Waals surface area contributed by atoms with Crippen molar-refractivity contribution in [3.8, 4) is 0 Å². The number of amides is 1. The van der Waals surface area contributed by atoms with Gasteiger partial charge in [0.15, 0.2) is 0 Å². The molecule has 1 N–H and O–H groups in total. The minimum Gasteiger partial charge on any atom is -0.351 e. The average Bonchev–Trinajstić information content (AvgIpc) is 2.40. The number of benzene rings is 1. The smallest absolute Gasteiger partial charge is 0.251 e. The molecule has 1 aromatic carbocycles. The third-order valence-corrected chi connectivity index (χ3v) is 4.63. The minimum atomic E-state index is 0.0404. The molecule has 1 amide bonds. The van der Waals surface area contributed by atoms with Gasteiger partial charge >= 0.3 is 0 Å². The number of halogens is 1. The highest BCUT2D eigenvalue weighted by Crippen LogP contribution is 2.29. The van der Waals surface area contributed by atoms with Crippen LogP contribution < -0.4 is 5.32 Å². The first-order chi connectivity index (χ1) is 8.98. The summed E-state index contributed by atoms with van der Waals surface area (Å²) < 4.78 is 1.09. The molecule has 19 heavy (non-hydrogen) atoms. The first-order valence-corrected chi connectivity index (χ1v) is 7.79. The predicted molar refractivity (Wildman–Crippen MR) is 86.3 cm³/mol. The largest absolute Gasteiger partial charge is 0.351 e. The van der Waals surface area contributed by atoms with Gasteiger partial charge in [0, 0.05) is 15.7 Å². The maximum Gasteiger partial charge on any atom is 0.251 e. The van der Waals surface area contributed by atoms with E-state index in [1.165, 1.54) is 0 Å². The highest BCUT2D eigenvalue weighted by atomic mass is 127. The topological polar surface area (TPSA) is 32.3 Å². The molecule has 1 aliphatic heterocycles. The van der Waals surface area contributed by atoms with Crippen LogP contribution in [-0.4, -0.2) is 37.5 Å². The first kappa shape index (κ1) is 14.8. The molecule has 1 aromatic rings. The predicted octanol–water partition coefficient (Wildman–Crippen LogP) is 2.75. The van der Waals surface area contributed by atoms with Crippen molar-refractivity contribution in [2.24, 2.45) is 5.41 Å². The highest BCUT2D eigenvalue weighted by molar-refractivity contribution is 14.1. The Morgan fingerprint density at radius 2 is 2.11 bits per heavy atom. The second-order valence-corrected chi connectivity index (χ2v) is 7.05. The number of rotatable bonds is 3. The summed E-state index contributed by atoms with van der Waals surface area (Å²) in [5, 5.41) is 3.09. The van der Waals surface area contributed by atoms with E-state index in [1.807, 2.05) is 24.3 Å². The summed E-state index contributed by atoms with van der Waals surface area (Å²) in [7, 11) is 2.16. The van der Waals surface area contributed by atoms with Crippen molar-refractivity contribution in [2.45, 2.75) is 19.8 Å². The molecule has 0 aromatic heterocycles. The average molecular weight is 372 g/mol. The molecule has 3 nitrogen and oxygen atoms in total. The Hall–Kier alpha value is -0.620. The molecule has 0 bridgehead atoms. The third-order valence-electron chi connectivity index (χ3n) is 3.96. The molecule has 1 heterocycles. The Kier molecular flexibility index (Phi) is 4.84. The highest BCUT2D eigenvalue weighted by Gasteiger charge is 2.29. The molecule has 0 spiro atoms. The van der Waals surface area contributed by atoms with Crippen LogP contribution in [0.3, 0.4) is 0 Å². The Labute approximate surface area is 128 Å². The van der Waals surface area contributed by atoms with Gasteiger partial charge in [0.05, 0.1) is 0 Å². The number of nitrogens with zero attached hydrogens (tertiary/aromatic N) is 1. The van der Waals surface area contributed by atoms with Crippen LogP contribution in [0, 0.1) is 8.99 Å². The van der Waals surface area contributed by atoms with E-state index in [0.717, 1.165) is 41.6 Å². The molecule has 0 radical (unpaired) electrons. The molecular formula is C15H21IN2O. The molecular weight excluding hydrogens is 351 g/mol. The second kappa shape index (κ2) is 6.22. The Bertz CT molecular complexity index is 453. The van der Waals surface area contributed by atoms with E-state index < -0.39 is 0 Å². The van der Waals surface area contributed by atoms with Crippen molar-refractivity contribution in [1.82, 2.24) is 10.2 Å². The lowest BCUT2D eigenvalue weighted by Gasteiger charge is -2.37. The molecule has 1 fully saturated rings. The van der Waals surface area contributed by atoms with Gasteiger partial charge in [-0.15, -0.1) is 0 Å². The van der Waals surface area contributed by atoms with Gasteiger partial charge in [0.1, 0.15) is 0 Å². The van der Waals surface area contributed by atoms with Crippen LogP contribution >= 0.6 is 22.6 Å². The summed E-state index contributed by atoms with van der Waals surface area (Å²) in [6.45, 7) is 5.28. The third kappa shape index (κ3) is 4.18. The normalized spacial score (nSPS) is 19.1. The SMILES string of the molecule is CN1CCC(C)(CNC(=O)c2cccc(I)c2)CC1. The molecule has 0 atom stereocenters. The van der Waals surface area contributed by atoms with Crippen LogP contribution in [0.15, 0.2) is 24.3 Å². The van der Waals surface area contributed by atoms with Crippen LogP contribution in [0.2, 0.25) is 0 Å². The number of nitrogens with one attached hydrogen (secondary N) is 1. The van der Waals surface area contributed by atoms with Gasteiger partial charge in [0.25, 0.3) is 5.91 Å². The van der Waals surface area contributed by atoms with Crippen molar-refractivity contribution in [3.05, 3.63) is 33.4 Å². The van der Waals surface area contributed by atoms with Gasteiger partial charge in [-0.2, -0.15) is 0 Å². The molecule has 2 rings (SSSR count). The zero-order valence-electron chi connectivity index (χ0n) is 11.6. The molecule has 4 heteroatoms. The van der Waals surface area contributed by atoms with Crippen LogP contribution in [0.1, 0.15) is 30.1 Å². The molecule has 1 aliphatic rings. The van der Waals surface area contributed by atoms with E-state index in [2.05, 4.69) is 46.8 Å². The van der Waals surface area contributed by atoms with Gasteiger partial charge in [-0.3, -0.25) is 4.79 Å². The van der Waals surface area contributed by atoms with E-state index in [4.69, 9.17) is 0 Å². The quantitative estimate of drug-likeness (QED) is 0.828. The maximum absolute atomic E-state index is 12.1. The van der Waals surface area contributed by atoms with Crippen LogP contribution in [0.5, 0.6) is 0 Å². The molecule has 0 saturated carbocycles. The summed E-state index contributed by atoms with van der Waals surface area (Å²) in [6.07, 6.45) is 2.30. The minimum absolute atomic E-state index is 0.0404. The van der Waals surface area contributed by atoms with Gasteiger partial charge < -0.3 is 10.2 Å². The Morgan fingerprint density at radius 3 is 2.74 bits per heavy atom. The van der Waals surface area contributed by atoms with E-state index in [9.17, 15) is 4.79 Å². The Balaban J connectivity index is 1.90. The molecule has 1 saturated heterocycles. The molecule has 0 aliphatic carbocycles. The number of hydrogen-bond acceptors (Lipinski definition) is 2. The lowest BCUT2D eigenvalue weighted by Crippen LogP contribution is -2.43. The summed E-state index contributed by atoms with van der Waals surface area (Å²) in [6, 6.07) is 7.71. The van der Waals surface area contributed by atoms with E-state index in [-0.39, 0.29) is 11.3 Å². The van der Waals surface area contributed by atoms with Gasteiger partial charge in [-0.1, -0.05) is 13.0 Å². The van der Waals surface area contributed by atoms with Crippen molar-refractivity contribution < 1.29 is 4.79 Å². The number of hydrogen-bond donors (Lipinski definition) is 1. The van der Waals surface area contributed by atoms with Crippen molar-refractivity contribution in [2.75, 3.05) is 26.7 Å². The second-order valence-electron chi connectivity index (χ2n) is 5.81. The fraction of sp³-hybridized carbons (Fsp3) is 0.533. The zero-order valence-corrected chi connectivity index (χ0v) is 13.7. The summed E-state index contributed by atoms with van der Waals surface area (Å²) in [5.41, 5.74) is 0.993. The number of piperidine rings is 1. The summed E-state index contributed by atoms with van der Waals surface area (Å²) in [4.78, 5) is 14.5. The van der Waals surface area contributed by atoms with Crippen molar-refractivity contribution in [3.63, 3.8) is 0 Å². The van der Waals surface area contributed by atoms with Crippen LogP contribution in [-0.2, 0) is 0 Å². The lowest BCUT2D eigenvalue weighted by molar-refractivity contribution is 0.0891. The van der Waals surface area contributed by atoms with Crippen LogP contribution in [0.25, 0.3) is 0 Å². The first-order valence-electron chi connectivity index (χ1n) is 6.71. The van der Waals surface area contributed by atoms with E-state index in [1.54, 1.807) is 0 Å². The van der Waals surface area contributed by atoms with Gasteiger partial charge in [-0.05, 0) is 79.2 Å². The lowest BCUT2D eigenvalue weighted by atomic mass is 9.80.